The number of rotatable bonds is 8. The van der Waals surface area contributed by atoms with Crippen LogP contribution >= 0.6 is 11.6 Å². The molecule has 0 saturated carbocycles. The van der Waals surface area contributed by atoms with Crippen molar-refractivity contribution in [2.45, 2.75) is 13.0 Å². The molecule has 8 nitrogen and oxygen atoms in total. The Bertz CT molecular complexity index is 971. The van der Waals surface area contributed by atoms with Crippen LogP contribution in [0, 0.1) is 5.92 Å². The number of hydrogen-bond acceptors (Lipinski definition) is 6. The fourth-order valence-corrected chi connectivity index (χ4v) is 3.97. The molecule has 1 saturated heterocycles. The zero-order valence-electron chi connectivity index (χ0n) is 18.6. The van der Waals surface area contributed by atoms with Crippen LogP contribution in [0.4, 0.5) is 0 Å². The highest BCUT2D eigenvalue weighted by Crippen LogP contribution is 2.35. The molecule has 1 atom stereocenters. The van der Waals surface area contributed by atoms with Crippen molar-refractivity contribution in [1.29, 1.82) is 0 Å². The Kier molecular flexibility index (Phi) is 7.69. The quantitative estimate of drug-likeness (QED) is 0.649. The lowest BCUT2D eigenvalue weighted by molar-refractivity contribution is -0.130. The molecular weight excluding hydrogens is 436 g/mol. The molecule has 0 spiro atoms. The number of carbonyl (C=O) groups is 2. The average Bonchev–Trinajstić information content (AvgIpc) is 2.93. The second-order valence-electron chi connectivity index (χ2n) is 7.36. The lowest BCUT2D eigenvalue weighted by Gasteiger charge is -2.26. The maximum atomic E-state index is 12.8. The first-order valence-electron chi connectivity index (χ1n) is 10.1. The Morgan fingerprint density at radius 1 is 0.969 bits per heavy atom. The summed E-state index contributed by atoms with van der Waals surface area (Å²) >= 11 is 6.15. The minimum atomic E-state index is -0.482. The molecule has 0 aliphatic carbocycles. The van der Waals surface area contributed by atoms with Gasteiger partial charge in [-0.1, -0.05) is 11.6 Å². The van der Waals surface area contributed by atoms with Gasteiger partial charge in [0.1, 0.15) is 23.0 Å². The van der Waals surface area contributed by atoms with Gasteiger partial charge in [0.15, 0.2) is 0 Å². The van der Waals surface area contributed by atoms with E-state index in [1.807, 2.05) is 0 Å². The summed E-state index contributed by atoms with van der Waals surface area (Å²) in [7, 11) is 6.21. The van der Waals surface area contributed by atoms with Crippen LogP contribution in [0.5, 0.6) is 23.0 Å². The van der Waals surface area contributed by atoms with E-state index in [0.717, 1.165) is 5.56 Å². The van der Waals surface area contributed by atoms with Gasteiger partial charge in [0.2, 0.25) is 11.8 Å². The molecule has 1 fully saturated rings. The molecule has 3 rings (SSSR count). The number of nitrogens with one attached hydrogen (secondary N) is 1. The van der Waals surface area contributed by atoms with Gasteiger partial charge in [-0.2, -0.15) is 0 Å². The van der Waals surface area contributed by atoms with Gasteiger partial charge >= 0.3 is 0 Å². The maximum absolute atomic E-state index is 12.8. The molecule has 1 heterocycles. The van der Waals surface area contributed by atoms with Crippen molar-refractivity contribution in [2.24, 2.45) is 5.92 Å². The van der Waals surface area contributed by atoms with Crippen LogP contribution < -0.4 is 24.3 Å². The van der Waals surface area contributed by atoms with Crippen LogP contribution in [0.25, 0.3) is 0 Å². The number of nitrogens with zero attached hydrogens (tertiary/aromatic N) is 1. The molecule has 2 amide bonds. The highest BCUT2D eigenvalue weighted by molar-refractivity contribution is 6.30. The molecule has 0 bridgehead atoms. The van der Waals surface area contributed by atoms with E-state index >= 15 is 0 Å². The normalized spacial score (nSPS) is 16.3. The molecule has 2 aromatic carbocycles. The van der Waals surface area contributed by atoms with E-state index in [1.54, 1.807) is 63.7 Å². The number of benzene rings is 2. The first kappa shape index (κ1) is 23.5. The Labute approximate surface area is 192 Å². The summed E-state index contributed by atoms with van der Waals surface area (Å²) in [5.74, 6) is 1.41. The summed E-state index contributed by atoms with van der Waals surface area (Å²) < 4.78 is 21.7. The lowest BCUT2D eigenvalue weighted by Crippen LogP contribution is -2.35. The minimum absolute atomic E-state index is 0.0806. The van der Waals surface area contributed by atoms with E-state index in [-0.39, 0.29) is 31.4 Å². The number of carbonyl (C=O) groups excluding carboxylic acids is 2. The number of halogens is 1. The van der Waals surface area contributed by atoms with Gasteiger partial charge in [0, 0.05) is 23.7 Å². The van der Waals surface area contributed by atoms with Crippen LogP contribution in [0.1, 0.15) is 11.1 Å². The van der Waals surface area contributed by atoms with E-state index in [2.05, 4.69) is 5.32 Å². The van der Waals surface area contributed by atoms with Crippen molar-refractivity contribution in [3.63, 3.8) is 0 Å². The number of amides is 2. The second-order valence-corrected chi connectivity index (χ2v) is 7.80. The third-order valence-corrected chi connectivity index (χ3v) is 5.69. The van der Waals surface area contributed by atoms with Crippen LogP contribution in [-0.2, 0) is 22.6 Å². The van der Waals surface area contributed by atoms with Crippen LogP contribution in [0.2, 0.25) is 5.02 Å². The zero-order chi connectivity index (χ0) is 23.3. The van der Waals surface area contributed by atoms with Crippen molar-refractivity contribution >= 4 is 23.4 Å². The summed E-state index contributed by atoms with van der Waals surface area (Å²) in [6, 6.07) is 8.74. The van der Waals surface area contributed by atoms with E-state index < -0.39 is 5.92 Å². The number of methoxy groups -OCH3 is 4. The Balaban J connectivity index is 1.90. The Morgan fingerprint density at radius 2 is 1.62 bits per heavy atom. The van der Waals surface area contributed by atoms with Gasteiger partial charge in [-0.05, 0) is 30.2 Å². The van der Waals surface area contributed by atoms with E-state index in [1.165, 1.54) is 0 Å². The maximum Gasteiger partial charge on any atom is 0.242 e. The van der Waals surface area contributed by atoms with Crippen molar-refractivity contribution in [2.75, 3.05) is 41.5 Å². The zero-order valence-corrected chi connectivity index (χ0v) is 19.3. The van der Waals surface area contributed by atoms with Gasteiger partial charge in [-0.25, -0.2) is 0 Å². The molecule has 1 aliphatic rings. The minimum Gasteiger partial charge on any atom is -0.496 e. The summed E-state index contributed by atoms with van der Waals surface area (Å²) in [6.45, 7) is 0.356. The molecule has 0 radical (unpaired) electrons. The van der Waals surface area contributed by atoms with Gasteiger partial charge in [-0.15, -0.1) is 0 Å². The standard InChI is InChI=1S/C23H27ClN2O6/c1-29-17-9-20(31-3)18(21(10-17)32-4)13-26-12-15(23(28)25-11-22(26)27)7-14-8-16(24)5-6-19(14)30-2/h5-6,8-10,15H,7,11-13H2,1-4H3,(H,25,28). The highest BCUT2D eigenvalue weighted by atomic mass is 35.5. The van der Waals surface area contributed by atoms with E-state index in [4.69, 9.17) is 30.5 Å². The molecular formula is C23H27ClN2O6. The second kappa shape index (κ2) is 10.5. The van der Waals surface area contributed by atoms with Crippen LogP contribution in [-0.4, -0.2) is 58.2 Å². The van der Waals surface area contributed by atoms with E-state index in [0.29, 0.717) is 40.0 Å². The van der Waals surface area contributed by atoms with Gasteiger partial charge in [0.05, 0.1) is 53.0 Å². The monoisotopic (exact) mass is 462 g/mol. The van der Waals surface area contributed by atoms with Crippen molar-refractivity contribution in [3.05, 3.63) is 46.5 Å². The van der Waals surface area contributed by atoms with Crippen LogP contribution in [0.15, 0.2) is 30.3 Å². The van der Waals surface area contributed by atoms with Crippen molar-refractivity contribution < 1.29 is 28.5 Å². The number of ether oxygens (including phenoxy) is 4. The SMILES string of the molecule is COc1cc(OC)c(CN2CC(Cc3cc(Cl)ccc3OC)C(=O)NCC2=O)c(OC)c1. The summed E-state index contributed by atoms with van der Waals surface area (Å²) in [6.07, 6.45) is 0.371. The van der Waals surface area contributed by atoms with Crippen molar-refractivity contribution in [3.8, 4) is 23.0 Å². The Morgan fingerprint density at radius 3 is 2.22 bits per heavy atom. The molecule has 32 heavy (non-hydrogen) atoms. The summed E-state index contributed by atoms with van der Waals surface area (Å²) in [5.41, 5.74) is 1.49. The summed E-state index contributed by atoms with van der Waals surface area (Å²) in [5, 5.41) is 3.27. The third-order valence-electron chi connectivity index (χ3n) is 5.45. The molecule has 9 heteroatoms. The predicted octanol–water partition coefficient (Wildman–Crippen LogP) is 2.69. The summed E-state index contributed by atoms with van der Waals surface area (Å²) in [4.78, 5) is 27.2. The van der Waals surface area contributed by atoms with Gasteiger partial charge in [-0.3, -0.25) is 9.59 Å². The third kappa shape index (κ3) is 5.19. The topological polar surface area (TPSA) is 86.3 Å². The predicted molar refractivity (Wildman–Crippen MR) is 120 cm³/mol. The lowest BCUT2D eigenvalue weighted by atomic mass is 9.97. The van der Waals surface area contributed by atoms with Gasteiger partial charge in [0.25, 0.3) is 0 Å². The molecule has 1 aliphatic heterocycles. The van der Waals surface area contributed by atoms with Crippen LogP contribution in [0.3, 0.4) is 0 Å². The average molecular weight is 463 g/mol. The molecule has 0 aromatic heterocycles. The highest BCUT2D eigenvalue weighted by Gasteiger charge is 2.31. The smallest absolute Gasteiger partial charge is 0.242 e. The fraction of sp³-hybridized carbons (Fsp3) is 0.391. The molecule has 1 N–H and O–H groups in total. The fourth-order valence-electron chi connectivity index (χ4n) is 3.78. The number of hydrogen-bond donors (Lipinski definition) is 1. The Hall–Kier alpha value is -3.13. The first-order chi connectivity index (χ1) is 15.4. The largest absolute Gasteiger partial charge is 0.496 e. The van der Waals surface area contributed by atoms with E-state index in [9.17, 15) is 9.59 Å². The van der Waals surface area contributed by atoms with Crippen molar-refractivity contribution in [1.82, 2.24) is 10.2 Å². The molecule has 1 unspecified atom stereocenters. The molecule has 172 valence electrons. The molecule has 2 aromatic rings. The first-order valence-corrected chi connectivity index (χ1v) is 10.4. The van der Waals surface area contributed by atoms with Gasteiger partial charge < -0.3 is 29.2 Å².